The van der Waals surface area contributed by atoms with Crippen molar-refractivity contribution >= 4 is 17.5 Å². The maximum atomic E-state index is 13.4. The van der Waals surface area contributed by atoms with Gasteiger partial charge in [0.2, 0.25) is 11.8 Å². The van der Waals surface area contributed by atoms with Crippen LogP contribution in [-0.2, 0) is 16.1 Å². The Morgan fingerprint density at radius 2 is 1.79 bits per heavy atom. The van der Waals surface area contributed by atoms with Crippen molar-refractivity contribution in [1.29, 1.82) is 0 Å². The van der Waals surface area contributed by atoms with Gasteiger partial charge in [0.05, 0.1) is 13.0 Å². The minimum Gasteiger partial charge on any atom is -0.493 e. The van der Waals surface area contributed by atoms with Gasteiger partial charge in [-0.1, -0.05) is 38.1 Å². The summed E-state index contributed by atoms with van der Waals surface area (Å²) in [5, 5.41) is 0. The molecule has 0 N–H and O–H groups in total. The predicted molar refractivity (Wildman–Crippen MR) is 132 cm³/mol. The highest BCUT2D eigenvalue weighted by Gasteiger charge is 2.23. The average Bonchev–Trinajstić information content (AvgIpc) is 2.82. The molecule has 7 heteroatoms. The maximum Gasteiger partial charge on any atom is 0.227 e. The molecule has 2 aromatic carbocycles. The van der Waals surface area contributed by atoms with Crippen LogP contribution in [0.1, 0.15) is 38.7 Å². The lowest BCUT2D eigenvalue weighted by Crippen LogP contribution is -2.38. The summed E-state index contributed by atoms with van der Waals surface area (Å²) >= 11 is 0. The SMILES string of the molecule is CC(C)CC(=O)N1CCCN(C)CCN(C(=O)CCOc2cccc(F)c2)Cc2ccccc21. The second-order valence-corrected chi connectivity index (χ2v) is 9.30. The van der Waals surface area contributed by atoms with E-state index >= 15 is 0 Å². The Bertz CT molecular complexity index is 966. The normalized spacial score (nSPS) is 15.6. The molecule has 0 saturated heterocycles. The first-order valence-electron chi connectivity index (χ1n) is 12.1. The van der Waals surface area contributed by atoms with E-state index in [1.165, 1.54) is 12.1 Å². The summed E-state index contributed by atoms with van der Waals surface area (Å²) in [5.74, 6) is 0.406. The van der Waals surface area contributed by atoms with Gasteiger partial charge >= 0.3 is 0 Å². The lowest BCUT2D eigenvalue weighted by atomic mass is 10.1. The Kier molecular flexibility index (Phi) is 9.45. The van der Waals surface area contributed by atoms with Gasteiger partial charge in [-0.05, 0) is 49.7 Å². The third-order valence-electron chi connectivity index (χ3n) is 5.93. The van der Waals surface area contributed by atoms with E-state index in [-0.39, 0.29) is 36.6 Å². The van der Waals surface area contributed by atoms with E-state index in [1.54, 1.807) is 12.1 Å². The number of carbonyl (C=O) groups is 2. The molecule has 6 nitrogen and oxygen atoms in total. The van der Waals surface area contributed by atoms with E-state index in [2.05, 4.69) is 18.7 Å². The maximum absolute atomic E-state index is 13.4. The van der Waals surface area contributed by atoms with Crippen molar-refractivity contribution in [2.24, 2.45) is 5.92 Å². The summed E-state index contributed by atoms with van der Waals surface area (Å²) in [6.07, 6.45) is 1.55. The molecule has 184 valence electrons. The fourth-order valence-corrected chi connectivity index (χ4v) is 4.12. The molecule has 0 fully saturated rings. The largest absolute Gasteiger partial charge is 0.493 e. The standard InChI is InChI=1S/C27H36FN3O3/c1-21(2)18-27(33)31-14-7-13-29(3)15-16-30(20-22-8-4-5-11-25(22)31)26(32)12-17-34-24-10-6-9-23(28)19-24/h4-6,8-11,19,21H,7,12-18,20H2,1-3H3. The quantitative estimate of drug-likeness (QED) is 0.632. The minimum absolute atomic E-state index is 0.0288. The van der Waals surface area contributed by atoms with Crippen molar-refractivity contribution < 1.29 is 18.7 Å². The van der Waals surface area contributed by atoms with Gasteiger partial charge < -0.3 is 19.4 Å². The zero-order valence-electron chi connectivity index (χ0n) is 20.5. The minimum atomic E-state index is -0.368. The monoisotopic (exact) mass is 469 g/mol. The first-order valence-corrected chi connectivity index (χ1v) is 12.1. The van der Waals surface area contributed by atoms with E-state index in [0.717, 1.165) is 30.8 Å². The number of hydrogen-bond donors (Lipinski definition) is 0. The summed E-state index contributed by atoms with van der Waals surface area (Å²) < 4.78 is 19.0. The van der Waals surface area contributed by atoms with Gasteiger partial charge in [-0.3, -0.25) is 9.59 Å². The van der Waals surface area contributed by atoms with Crippen molar-refractivity contribution in [2.75, 3.05) is 44.7 Å². The zero-order chi connectivity index (χ0) is 24.5. The molecule has 0 radical (unpaired) electrons. The van der Waals surface area contributed by atoms with Crippen LogP contribution >= 0.6 is 0 Å². The van der Waals surface area contributed by atoms with Crippen LogP contribution in [0.5, 0.6) is 5.75 Å². The molecule has 3 rings (SSSR count). The molecule has 2 amide bonds. The number of fused-ring (bicyclic) bond motifs is 1. The van der Waals surface area contributed by atoms with Crippen LogP contribution in [0.25, 0.3) is 0 Å². The highest BCUT2D eigenvalue weighted by Crippen LogP contribution is 2.25. The summed E-state index contributed by atoms with van der Waals surface area (Å²) in [4.78, 5) is 32.2. The lowest BCUT2D eigenvalue weighted by molar-refractivity contribution is -0.132. The van der Waals surface area contributed by atoms with Gasteiger partial charge in [0.1, 0.15) is 11.6 Å². The van der Waals surface area contributed by atoms with Crippen molar-refractivity contribution in [1.82, 2.24) is 9.80 Å². The molecule has 1 aliphatic rings. The molecule has 0 saturated carbocycles. The van der Waals surface area contributed by atoms with Gasteiger partial charge in [0.15, 0.2) is 0 Å². The van der Waals surface area contributed by atoms with Crippen LogP contribution < -0.4 is 9.64 Å². The highest BCUT2D eigenvalue weighted by molar-refractivity contribution is 5.94. The average molecular weight is 470 g/mol. The Morgan fingerprint density at radius 3 is 2.56 bits per heavy atom. The predicted octanol–water partition coefficient (Wildman–Crippen LogP) is 4.34. The topological polar surface area (TPSA) is 53.1 Å². The number of likely N-dealkylation sites (N-methyl/N-ethyl adjacent to an activating group) is 1. The van der Waals surface area contributed by atoms with Crippen LogP contribution in [0, 0.1) is 11.7 Å². The molecule has 0 spiro atoms. The van der Waals surface area contributed by atoms with Crippen LogP contribution in [0.15, 0.2) is 48.5 Å². The lowest BCUT2D eigenvalue weighted by Gasteiger charge is -2.28. The van der Waals surface area contributed by atoms with Crippen molar-refractivity contribution in [3.8, 4) is 5.75 Å². The van der Waals surface area contributed by atoms with Gasteiger partial charge in [0.25, 0.3) is 0 Å². The molecule has 0 bridgehead atoms. The second kappa shape index (κ2) is 12.5. The number of halogens is 1. The number of para-hydroxylation sites is 1. The Balaban J connectivity index is 1.76. The number of carbonyl (C=O) groups excluding carboxylic acids is 2. The number of anilines is 1. The molecule has 0 aromatic heterocycles. The fourth-order valence-electron chi connectivity index (χ4n) is 4.12. The van der Waals surface area contributed by atoms with Crippen LogP contribution in [-0.4, -0.2) is 61.4 Å². The number of benzene rings is 2. The smallest absolute Gasteiger partial charge is 0.227 e. The van der Waals surface area contributed by atoms with Crippen molar-refractivity contribution in [3.63, 3.8) is 0 Å². The molecular weight excluding hydrogens is 433 g/mol. The van der Waals surface area contributed by atoms with Crippen molar-refractivity contribution in [3.05, 3.63) is 59.9 Å². The molecule has 2 aromatic rings. The second-order valence-electron chi connectivity index (χ2n) is 9.30. The van der Waals surface area contributed by atoms with Gasteiger partial charge in [0, 0.05) is 44.4 Å². The summed E-state index contributed by atoms with van der Waals surface area (Å²) in [6.45, 7) is 7.54. The van der Waals surface area contributed by atoms with Crippen LogP contribution in [0.3, 0.4) is 0 Å². The Hall–Kier alpha value is -2.93. The van der Waals surface area contributed by atoms with Crippen LogP contribution in [0.2, 0.25) is 0 Å². The number of nitrogens with zero attached hydrogens (tertiary/aromatic N) is 3. The molecule has 1 aliphatic heterocycles. The molecular formula is C27H36FN3O3. The molecule has 0 atom stereocenters. The van der Waals surface area contributed by atoms with E-state index in [1.807, 2.05) is 41.1 Å². The van der Waals surface area contributed by atoms with Crippen molar-refractivity contribution in [2.45, 2.75) is 39.7 Å². The summed E-state index contributed by atoms with van der Waals surface area (Å²) in [6, 6.07) is 13.8. The fraction of sp³-hybridized carbons (Fsp3) is 0.481. The first kappa shape index (κ1) is 25.7. The molecule has 1 heterocycles. The van der Waals surface area contributed by atoms with E-state index < -0.39 is 0 Å². The van der Waals surface area contributed by atoms with Gasteiger partial charge in [-0.2, -0.15) is 0 Å². The van der Waals surface area contributed by atoms with Crippen LogP contribution in [0.4, 0.5) is 10.1 Å². The Morgan fingerprint density at radius 1 is 1.00 bits per heavy atom. The summed E-state index contributed by atoms with van der Waals surface area (Å²) in [7, 11) is 2.04. The molecule has 34 heavy (non-hydrogen) atoms. The van der Waals surface area contributed by atoms with Gasteiger partial charge in [-0.25, -0.2) is 4.39 Å². The van der Waals surface area contributed by atoms with Gasteiger partial charge in [-0.15, -0.1) is 0 Å². The number of rotatable bonds is 6. The molecule has 0 aliphatic carbocycles. The van der Waals surface area contributed by atoms with E-state index in [9.17, 15) is 14.0 Å². The zero-order valence-corrected chi connectivity index (χ0v) is 20.5. The highest BCUT2D eigenvalue weighted by atomic mass is 19.1. The van der Waals surface area contributed by atoms with E-state index in [0.29, 0.717) is 31.8 Å². The number of amides is 2. The summed E-state index contributed by atoms with van der Waals surface area (Å²) in [5.41, 5.74) is 1.84. The molecule has 0 unspecified atom stereocenters. The third-order valence-corrected chi connectivity index (χ3v) is 5.93. The van der Waals surface area contributed by atoms with E-state index in [4.69, 9.17) is 4.74 Å². The third kappa shape index (κ3) is 7.55. The number of ether oxygens (including phenoxy) is 1. The first-order chi connectivity index (χ1) is 16.3. The Labute approximate surface area is 202 Å². The number of hydrogen-bond acceptors (Lipinski definition) is 4.